The smallest absolute Gasteiger partial charge is 0.490 e. The zero-order valence-electron chi connectivity index (χ0n) is 15.2. The molecule has 2 N–H and O–H groups in total. The molecule has 5 nitrogen and oxygen atoms in total. The molecular formula is C19H22F3NO4. The third-order valence-corrected chi connectivity index (χ3v) is 3.60. The largest absolute Gasteiger partial charge is 0.493 e. The summed E-state index contributed by atoms with van der Waals surface area (Å²) in [6.07, 6.45) is -5.08. The second-order valence-corrected chi connectivity index (χ2v) is 5.51. The highest BCUT2D eigenvalue weighted by molar-refractivity contribution is 5.73. The van der Waals surface area contributed by atoms with Gasteiger partial charge >= 0.3 is 12.1 Å². The summed E-state index contributed by atoms with van der Waals surface area (Å²) >= 11 is 0. The number of carbonyl (C=O) groups is 1. The summed E-state index contributed by atoms with van der Waals surface area (Å²) in [4.78, 5) is 8.90. The van der Waals surface area contributed by atoms with Gasteiger partial charge in [0.1, 0.15) is 0 Å². The van der Waals surface area contributed by atoms with Crippen molar-refractivity contribution in [3.05, 3.63) is 59.7 Å². The minimum atomic E-state index is -5.08. The van der Waals surface area contributed by atoms with Gasteiger partial charge in [-0.2, -0.15) is 13.2 Å². The molecule has 0 aliphatic rings. The lowest BCUT2D eigenvalue weighted by Gasteiger charge is -2.15. The predicted molar refractivity (Wildman–Crippen MR) is 94.9 cm³/mol. The number of halogens is 3. The van der Waals surface area contributed by atoms with Crippen molar-refractivity contribution in [1.82, 2.24) is 5.32 Å². The summed E-state index contributed by atoms with van der Waals surface area (Å²) in [7, 11) is 3.30. The van der Waals surface area contributed by atoms with Crippen molar-refractivity contribution in [3.8, 4) is 11.5 Å². The first-order valence-electron chi connectivity index (χ1n) is 7.98. The van der Waals surface area contributed by atoms with Gasteiger partial charge in [0.05, 0.1) is 14.2 Å². The molecular weight excluding hydrogens is 363 g/mol. The molecule has 2 rings (SSSR count). The molecule has 1 atom stereocenters. The second-order valence-electron chi connectivity index (χ2n) is 5.51. The summed E-state index contributed by atoms with van der Waals surface area (Å²) in [5.41, 5.74) is 2.46. The van der Waals surface area contributed by atoms with Crippen LogP contribution in [-0.2, 0) is 11.3 Å². The Morgan fingerprint density at radius 2 is 1.63 bits per heavy atom. The maximum atomic E-state index is 10.6. The van der Waals surface area contributed by atoms with Gasteiger partial charge in [-0.1, -0.05) is 36.4 Å². The van der Waals surface area contributed by atoms with E-state index in [2.05, 4.69) is 36.5 Å². The molecule has 8 heteroatoms. The first-order valence-corrected chi connectivity index (χ1v) is 7.98. The molecule has 0 aromatic heterocycles. The van der Waals surface area contributed by atoms with E-state index in [1.54, 1.807) is 14.2 Å². The molecule has 2 aromatic carbocycles. The summed E-state index contributed by atoms with van der Waals surface area (Å²) in [5, 5.41) is 10.6. The Hall–Kier alpha value is -2.74. The summed E-state index contributed by atoms with van der Waals surface area (Å²) in [5.74, 6) is -1.24. The number of hydrogen-bond acceptors (Lipinski definition) is 4. The van der Waals surface area contributed by atoms with Gasteiger partial charge in [-0.05, 0) is 30.2 Å². The van der Waals surface area contributed by atoms with Crippen molar-refractivity contribution >= 4 is 5.97 Å². The number of methoxy groups -OCH3 is 2. The molecule has 0 fully saturated rings. The topological polar surface area (TPSA) is 67.8 Å². The van der Waals surface area contributed by atoms with E-state index >= 15 is 0 Å². The van der Waals surface area contributed by atoms with Gasteiger partial charge < -0.3 is 19.9 Å². The van der Waals surface area contributed by atoms with Gasteiger partial charge in [-0.15, -0.1) is 0 Å². The summed E-state index contributed by atoms with van der Waals surface area (Å²) in [6.45, 7) is 2.95. The van der Waals surface area contributed by atoms with Gasteiger partial charge in [0.15, 0.2) is 11.5 Å². The van der Waals surface area contributed by atoms with Crippen LogP contribution in [0.2, 0.25) is 0 Å². The highest BCUT2D eigenvalue weighted by Gasteiger charge is 2.38. The Bertz CT molecular complexity index is 721. The Morgan fingerprint density at radius 3 is 2.11 bits per heavy atom. The van der Waals surface area contributed by atoms with Crippen molar-refractivity contribution in [2.75, 3.05) is 14.2 Å². The average molecular weight is 385 g/mol. The van der Waals surface area contributed by atoms with Crippen LogP contribution < -0.4 is 14.8 Å². The fourth-order valence-corrected chi connectivity index (χ4v) is 2.12. The van der Waals surface area contributed by atoms with Crippen molar-refractivity contribution in [3.63, 3.8) is 0 Å². The summed E-state index contributed by atoms with van der Waals surface area (Å²) < 4.78 is 42.3. The Kier molecular flexibility index (Phi) is 8.61. The monoisotopic (exact) mass is 385 g/mol. The van der Waals surface area contributed by atoms with Gasteiger partial charge in [0.2, 0.25) is 0 Å². The Labute approximate surface area is 155 Å². The number of nitrogens with one attached hydrogen (secondary N) is 1. The van der Waals surface area contributed by atoms with Crippen LogP contribution in [-0.4, -0.2) is 31.5 Å². The molecule has 0 saturated carbocycles. The van der Waals surface area contributed by atoms with E-state index in [0.29, 0.717) is 6.04 Å². The van der Waals surface area contributed by atoms with Crippen LogP contribution in [0.25, 0.3) is 0 Å². The molecule has 2 aromatic rings. The maximum Gasteiger partial charge on any atom is 0.490 e. The maximum absolute atomic E-state index is 10.6. The van der Waals surface area contributed by atoms with Crippen molar-refractivity contribution in [1.29, 1.82) is 0 Å². The van der Waals surface area contributed by atoms with E-state index < -0.39 is 12.1 Å². The number of aliphatic carboxylic acids is 1. The van der Waals surface area contributed by atoms with E-state index in [9.17, 15) is 13.2 Å². The first-order chi connectivity index (χ1) is 12.7. The van der Waals surface area contributed by atoms with Crippen LogP contribution in [0.1, 0.15) is 24.1 Å². The van der Waals surface area contributed by atoms with Crippen molar-refractivity contribution in [2.45, 2.75) is 25.7 Å². The number of ether oxygens (including phenoxy) is 2. The highest BCUT2D eigenvalue weighted by atomic mass is 19.4. The van der Waals surface area contributed by atoms with Crippen molar-refractivity contribution in [2.24, 2.45) is 0 Å². The fourth-order valence-electron chi connectivity index (χ4n) is 2.12. The normalized spacial score (nSPS) is 11.8. The van der Waals surface area contributed by atoms with Gasteiger partial charge in [-0.3, -0.25) is 0 Å². The SMILES string of the molecule is COc1ccc(CN[C@H](C)c2ccccc2)cc1OC.O=C(O)C(F)(F)F. The second kappa shape index (κ2) is 10.4. The number of carboxylic acid groups (broad SMARTS) is 1. The third-order valence-electron chi connectivity index (χ3n) is 3.60. The minimum Gasteiger partial charge on any atom is -0.493 e. The van der Waals surface area contributed by atoms with E-state index in [4.69, 9.17) is 19.4 Å². The lowest BCUT2D eigenvalue weighted by Crippen LogP contribution is -2.21. The van der Waals surface area contributed by atoms with Crippen LogP contribution >= 0.6 is 0 Å². The molecule has 0 amide bonds. The standard InChI is InChI=1S/C17H21NO2.C2HF3O2/c1-13(15-7-5-4-6-8-15)18-12-14-9-10-16(19-2)17(11-14)20-3;3-2(4,5)1(6)7/h4-11,13,18H,12H2,1-3H3;(H,6,7)/t13-;/m1./s1. The molecule has 0 aliphatic heterocycles. The van der Waals surface area contributed by atoms with Crippen molar-refractivity contribution < 1.29 is 32.5 Å². The summed E-state index contributed by atoms with van der Waals surface area (Å²) in [6, 6.07) is 16.7. The van der Waals surface area contributed by atoms with E-state index in [1.165, 1.54) is 11.1 Å². The van der Waals surface area contributed by atoms with Crippen LogP contribution in [0.15, 0.2) is 48.5 Å². The lowest BCUT2D eigenvalue weighted by molar-refractivity contribution is -0.192. The number of rotatable bonds is 6. The lowest BCUT2D eigenvalue weighted by atomic mass is 10.1. The van der Waals surface area contributed by atoms with E-state index in [0.717, 1.165) is 18.0 Å². The molecule has 0 spiro atoms. The quantitative estimate of drug-likeness (QED) is 0.781. The third kappa shape index (κ3) is 7.57. The average Bonchev–Trinajstić information content (AvgIpc) is 2.66. The Morgan fingerprint density at radius 1 is 1.07 bits per heavy atom. The molecule has 0 aliphatic carbocycles. The predicted octanol–water partition coefficient (Wildman–Crippen LogP) is 4.19. The molecule has 0 unspecified atom stereocenters. The van der Waals surface area contributed by atoms with Gasteiger partial charge in [0.25, 0.3) is 0 Å². The van der Waals surface area contributed by atoms with Crippen LogP contribution in [0.4, 0.5) is 13.2 Å². The van der Waals surface area contributed by atoms with Gasteiger partial charge in [-0.25, -0.2) is 4.79 Å². The molecule has 0 bridgehead atoms. The number of hydrogen-bond donors (Lipinski definition) is 2. The van der Waals surface area contributed by atoms with E-state index in [-0.39, 0.29) is 0 Å². The zero-order chi connectivity index (χ0) is 20.4. The number of carboxylic acids is 1. The van der Waals surface area contributed by atoms with Gasteiger partial charge in [0, 0.05) is 12.6 Å². The van der Waals surface area contributed by atoms with Crippen LogP contribution in [0.3, 0.4) is 0 Å². The molecule has 0 radical (unpaired) electrons. The number of benzene rings is 2. The zero-order valence-corrected chi connectivity index (χ0v) is 15.2. The minimum absolute atomic E-state index is 0.310. The fraction of sp³-hybridized carbons (Fsp3) is 0.316. The van der Waals surface area contributed by atoms with E-state index in [1.807, 2.05) is 24.3 Å². The molecule has 148 valence electrons. The Balaban J connectivity index is 0.000000445. The molecule has 0 heterocycles. The number of alkyl halides is 3. The molecule has 27 heavy (non-hydrogen) atoms. The molecule has 0 saturated heterocycles. The first kappa shape index (κ1) is 22.3. The van der Waals surface area contributed by atoms with Crippen LogP contribution in [0.5, 0.6) is 11.5 Å². The highest BCUT2D eigenvalue weighted by Crippen LogP contribution is 2.27. The van der Waals surface area contributed by atoms with Crippen LogP contribution in [0, 0.1) is 0 Å².